The first-order valence-electron chi connectivity index (χ1n) is 8.96. The second-order valence-corrected chi connectivity index (χ2v) is 7.38. The normalized spacial score (nSPS) is 11.6. The number of nitrogens with one attached hydrogen (secondary N) is 2. The third-order valence-electron chi connectivity index (χ3n) is 4.20. The fourth-order valence-electron chi connectivity index (χ4n) is 2.72. The molecule has 1 aromatic heterocycles. The van der Waals surface area contributed by atoms with Crippen LogP contribution in [0.15, 0.2) is 48.7 Å². The number of rotatable bonds is 8. The van der Waals surface area contributed by atoms with Crippen LogP contribution >= 0.6 is 23.2 Å². The van der Waals surface area contributed by atoms with Crippen molar-refractivity contribution in [2.24, 2.45) is 0 Å². The van der Waals surface area contributed by atoms with Crippen LogP contribution in [0.3, 0.4) is 0 Å². The zero-order chi connectivity index (χ0) is 22.5. The van der Waals surface area contributed by atoms with Crippen molar-refractivity contribution in [1.29, 1.82) is 0 Å². The van der Waals surface area contributed by atoms with E-state index in [0.29, 0.717) is 28.6 Å². The summed E-state index contributed by atoms with van der Waals surface area (Å²) in [4.78, 5) is 29.3. The molecule has 1 heterocycles. The van der Waals surface area contributed by atoms with Gasteiger partial charge in [0, 0.05) is 41.0 Å². The van der Waals surface area contributed by atoms with Crippen molar-refractivity contribution in [3.05, 3.63) is 78.9 Å². The zero-order valence-electron chi connectivity index (χ0n) is 16.1. The van der Waals surface area contributed by atoms with Crippen molar-refractivity contribution >= 4 is 46.2 Å². The minimum absolute atomic E-state index is 0.00580. The Morgan fingerprint density at radius 3 is 2.39 bits per heavy atom. The quantitative estimate of drug-likeness (QED) is 0.345. The summed E-state index contributed by atoms with van der Waals surface area (Å²) in [5.74, 6) is -0.101. The molecule has 2 aromatic carbocycles. The van der Waals surface area contributed by atoms with Gasteiger partial charge in [0.15, 0.2) is 17.7 Å². The number of hydrogen-bond acceptors (Lipinski definition) is 8. The molecule has 3 rings (SSSR count). The summed E-state index contributed by atoms with van der Waals surface area (Å²) in [7, 11) is 0. The number of nitro groups is 2. The summed E-state index contributed by atoms with van der Waals surface area (Å²) in [6.07, 6.45) is 1.27. The van der Waals surface area contributed by atoms with E-state index in [2.05, 4.69) is 20.6 Å². The summed E-state index contributed by atoms with van der Waals surface area (Å²) >= 11 is 12.1. The van der Waals surface area contributed by atoms with Gasteiger partial charge in [-0.3, -0.25) is 10.1 Å². The Kier molecular flexibility index (Phi) is 6.83. The highest BCUT2D eigenvalue weighted by Crippen LogP contribution is 2.34. The Balaban J connectivity index is 1.75. The van der Waals surface area contributed by atoms with E-state index >= 15 is 0 Å². The molecule has 1 unspecified atom stereocenters. The molecule has 0 amide bonds. The van der Waals surface area contributed by atoms with Gasteiger partial charge in [0.2, 0.25) is 0 Å². The van der Waals surface area contributed by atoms with Gasteiger partial charge in [0.05, 0.1) is 9.95 Å². The van der Waals surface area contributed by atoms with Gasteiger partial charge in [0.1, 0.15) is 0 Å². The molecule has 0 bridgehead atoms. The molecule has 0 radical (unpaired) electrons. The summed E-state index contributed by atoms with van der Waals surface area (Å²) in [5, 5.41) is 29.0. The van der Waals surface area contributed by atoms with Crippen LogP contribution in [0.4, 0.5) is 23.0 Å². The molecule has 0 fully saturated rings. The van der Waals surface area contributed by atoms with Crippen LogP contribution in [0.2, 0.25) is 10.0 Å². The molecule has 0 aliphatic carbocycles. The molecule has 3 aromatic rings. The third kappa shape index (κ3) is 5.56. The smallest absolute Gasteiger partial charge is 0.383 e. The van der Waals surface area contributed by atoms with Crippen LogP contribution in [-0.2, 0) is 0 Å². The second kappa shape index (κ2) is 9.54. The van der Waals surface area contributed by atoms with Gasteiger partial charge in [-0.05, 0) is 47.2 Å². The fourth-order valence-corrected chi connectivity index (χ4v) is 3.22. The maximum atomic E-state index is 11.4. The number of aromatic nitrogens is 2. The number of nitro benzene ring substituents is 1. The lowest BCUT2D eigenvalue weighted by Crippen LogP contribution is -2.25. The summed E-state index contributed by atoms with van der Waals surface area (Å²) < 4.78 is 0. The molecule has 31 heavy (non-hydrogen) atoms. The van der Waals surface area contributed by atoms with E-state index in [1.165, 1.54) is 24.4 Å². The molecule has 0 saturated heterocycles. The maximum Gasteiger partial charge on any atom is 0.390 e. The molecule has 0 spiro atoms. The predicted molar refractivity (Wildman–Crippen MR) is 119 cm³/mol. The average molecular weight is 463 g/mol. The van der Waals surface area contributed by atoms with Crippen molar-refractivity contribution < 1.29 is 9.85 Å². The van der Waals surface area contributed by atoms with E-state index in [-0.39, 0.29) is 22.4 Å². The van der Waals surface area contributed by atoms with Crippen LogP contribution in [0.1, 0.15) is 6.92 Å². The molecule has 160 valence electrons. The Morgan fingerprint density at radius 1 is 1.06 bits per heavy atom. The van der Waals surface area contributed by atoms with Gasteiger partial charge in [0.25, 0.3) is 5.69 Å². The zero-order valence-corrected chi connectivity index (χ0v) is 17.6. The molecule has 10 nitrogen and oxygen atoms in total. The van der Waals surface area contributed by atoms with E-state index in [4.69, 9.17) is 23.2 Å². The van der Waals surface area contributed by atoms with Gasteiger partial charge in [-0.1, -0.05) is 23.2 Å². The molecule has 0 aliphatic rings. The molecule has 0 saturated carbocycles. The number of benzene rings is 2. The van der Waals surface area contributed by atoms with Crippen molar-refractivity contribution in [2.45, 2.75) is 13.0 Å². The highest BCUT2D eigenvalue weighted by Gasteiger charge is 2.22. The van der Waals surface area contributed by atoms with E-state index in [0.717, 1.165) is 0 Å². The lowest BCUT2D eigenvalue weighted by atomic mass is 10.1. The molecular formula is C19H16Cl2N6O4. The minimum Gasteiger partial charge on any atom is -0.383 e. The molecule has 1 atom stereocenters. The van der Waals surface area contributed by atoms with Gasteiger partial charge < -0.3 is 20.7 Å². The number of nitrogens with zero attached hydrogens (tertiary/aromatic N) is 4. The molecule has 12 heteroatoms. The number of anilines is 2. The first-order chi connectivity index (χ1) is 14.7. The Hall–Kier alpha value is -3.50. The Morgan fingerprint density at radius 2 is 1.77 bits per heavy atom. The molecule has 0 aliphatic heterocycles. The third-order valence-corrected chi connectivity index (χ3v) is 4.74. The van der Waals surface area contributed by atoms with Crippen LogP contribution in [-0.4, -0.2) is 32.4 Å². The van der Waals surface area contributed by atoms with Crippen molar-refractivity contribution in [3.63, 3.8) is 0 Å². The number of non-ortho nitro benzene ring substituents is 1. The van der Waals surface area contributed by atoms with Crippen molar-refractivity contribution in [1.82, 2.24) is 9.97 Å². The predicted octanol–water partition coefficient (Wildman–Crippen LogP) is 5.18. The minimum atomic E-state index is -0.628. The fraction of sp³-hybridized carbons (Fsp3) is 0.158. The van der Waals surface area contributed by atoms with E-state index < -0.39 is 15.7 Å². The summed E-state index contributed by atoms with van der Waals surface area (Å²) in [6, 6.07) is 10.5. The van der Waals surface area contributed by atoms with Gasteiger partial charge in [-0.25, -0.2) is 4.98 Å². The number of hydrogen-bond donors (Lipinski definition) is 2. The summed E-state index contributed by atoms with van der Waals surface area (Å²) in [5.41, 5.74) is 1.08. The Bertz CT molecular complexity index is 1130. The highest BCUT2D eigenvalue weighted by atomic mass is 35.5. The maximum absolute atomic E-state index is 11.4. The summed E-state index contributed by atoms with van der Waals surface area (Å²) in [6.45, 7) is 2.32. The SMILES string of the molecule is CC(CNc1ccc([N+](=O)[O-])cc1)Nc1cnc([N+](=O)[O-])c(-c2ccc(Cl)cc2Cl)n1. The van der Waals surface area contributed by atoms with Crippen LogP contribution in [0, 0.1) is 20.2 Å². The molecular weight excluding hydrogens is 447 g/mol. The van der Waals surface area contributed by atoms with E-state index in [9.17, 15) is 20.2 Å². The van der Waals surface area contributed by atoms with Gasteiger partial charge >= 0.3 is 5.82 Å². The first kappa shape index (κ1) is 22.2. The lowest BCUT2D eigenvalue weighted by Gasteiger charge is -2.16. The monoisotopic (exact) mass is 462 g/mol. The highest BCUT2D eigenvalue weighted by molar-refractivity contribution is 6.36. The Labute approximate surface area is 186 Å². The van der Waals surface area contributed by atoms with Gasteiger partial charge in [-0.15, -0.1) is 0 Å². The topological polar surface area (TPSA) is 136 Å². The first-order valence-corrected chi connectivity index (χ1v) is 9.72. The van der Waals surface area contributed by atoms with Crippen molar-refractivity contribution in [3.8, 4) is 11.3 Å². The van der Waals surface area contributed by atoms with Crippen molar-refractivity contribution in [2.75, 3.05) is 17.2 Å². The number of halogens is 2. The average Bonchev–Trinajstić information content (AvgIpc) is 2.72. The second-order valence-electron chi connectivity index (χ2n) is 6.54. The van der Waals surface area contributed by atoms with E-state index in [1.54, 1.807) is 24.3 Å². The largest absolute Gasteiger partial charge is 0.390 e. The standard InChI is InChI=1S/C19H16Cl2N6O4/c1-11(9-22-13-3-5-14(6-4-13)26(28)29)24-17-10-23-19(27(30)31)18(25-17)15-7-2-12(20)8-16(15)21/h2-8,10-11,22H,9H2,1H3,(H,24,25). The van der Waals surface area contributed by atoms with E-state index in [1.807, 2.05) is 6.92 Å². The molecule has 2 N–H and O–H groups in total. The van der Waals surface area contributed by atoms with Crippen LogP contribution in [0.25, 0.3) is 11.3 Å². The van der Waals surface area contributed by atoms with Crippen LogP contribution < -0.4 is 10.6 Å². The lowest BCUT2D eigenvalue weighted by molar-refractivity contribution is -0.389. The van der Waals surface area contributed by atoms with Crippen LogP contribution in [0.5, 0.6) is 0 Å². The van der Waals surface area contributed by atoms with Gasteiger partial charge in [-0.2, -0.15) is 0 Å².